The van der Waals surface area contributed by atoms with Crippen LogP contribution in [0.25, 0.3) is 11.1 Å². The first-order chi connectivity index (χ1) is 23.4. The van der Waals surface area contributed by atoms with Gasteiger partial charge in [-0.3, -0.25) is 28.9 Å². The molecular formula is C34H34F4N6O5. The highest BCUT2D eigenvalue weighted by atomic mass is 19.4. The van der Waals surface area contributed by atoms with Crippen LogP contribution in [0.2, 0.25) is 0 Å². The molecule has 49 heavy (non-hydrogen) atoms. The van der Waals surface area contributed by atoms with E-state index in [2.05, 4.69) is 15.3 Å². The summed E-state index contributed by atoms with van der Waals surface area (Å²) in [6, 6.07) is 8.68. The summed E-state index contributed by atoms with van der Waals surface area (Å²) in [5.74, 6) is -2.97. The fourth-order valence-corrected chi connectivity index (χ4v) is 7.22. The molecule has 1 aromatic heterocycles. The first-order valence-electron chi connectivity index (χ1n) is 16.2. The van der Waals surface area contributed by atoms with Gasteiger partial charge in [0.1, 0.15) is 17.9 Å². The number of carbonyl (C=O) groups is 4. The minimum atomic E-state index is -4.78. The van der Waals surface area contributed by atoms with Crippen molar-refractivity contribution >= 4 is 23.6 Å². The Balaban J connectivity index is 1.10. The molecule has 11 nitrogen and oxygen atoms in total. The van der Waals surface area contributed by atoms with Gasteiger partial charge in [0.2, 0.25) is 5.91 Å². The van der Waals surface area contributed by atoms with Crippen molar-refractivity contribution in [1.82, 2.24) is 29.8 Å². The Morgan fingerprint density at radius 3 is 2.41 bits per heavy atom. The molecule has 0 unspecified atom stereocenters. The molecule has 1 spiro atoms. The van der Waals surface area contributed by atoms with E-state index in [1.54, 1.807) is 24.4 Å². The van der Waals surface area contributed by atoms with Crippen molar-refractivity contribution in [2.24, 2.45) is 0 Å². The highest BCUT2D eigenvalue weighted by Gasteiger charge is 2.64. The summed E-state index contributed by atoms with van der Waals surface area (Å²) in [5.41, 5.74) is -2.11. The number of ketones is 1. The summed E-state index contributed by atoms with van der Waals surface area (Å²) >= 11 is 0. The summed E-state index contributed by atoms with van der Waals surface area (Å²) < 4.78 is 64.1. The molecule has 0 radical (unpaired) electrons. The number of rotatable bonds is 9. The molecule has 4 amide bonds. The summed E-state index contributed by atoms with van der Waals surface area (Å²) in [5, 5.41) is 7.02. The zero-order valence-electron chi connectivity index (χ0n) is 26.5. The third-order valence-corrected chi connectivity index (χ3v) is 10.2. The summed E-state index contributed by atoms with van der Waals surface area (Å²) in [6.07, 6.45) is -2.09. The van der Waals surface area contributed by atoms with Crippen LogP contribution in [0.4, 0.5) is 22.4 Å². The SMILES string of the molecule is O=C1C[C@]2(NC(=O)N(CC(=O)N(Cc3ccc(F)cc3)C3(C(F)(F)F)CCC3)C2=O)c2ccc(-c3cnn(CCN4CCOCC4)c3)cc21. The molecule has 2 aromatic carbocycles. The van der Waals surface area contributed by atoms with Gasteiger partial charge in [0.25, 0.3) is 5.91 Å². The lowest BCUT2D eigenvalue weighted by atomic mass is 9.74. The van der Waals surface area contributed by atoms with Crippen LogP contribution >= 0.6 is 0 Å². The van der Waals surface area contributed by atoms with Gasteiger partial charge in [-0.1, -0.05) is 24.3 Å². The summed E-state index contributed by atoms with van der Waals surface area (Å²) in [4.78, 5) is 57.7. The largest absolute Gasteiger partial charge is 0.411 e. The van der Waals surface area contributed by atoms with Crippen LogP contribution in [0.3, 0.4) is 0 Å². The van der Waals surface area contributed by atoms with Gasteiger partial charge in [-0.15, -0.1) is 0 Å². The van der Waals surface area contributed by atoms with Crippen molar-refractivity contribution in [1.29, 1.82) is 0 Å². The van der Waals surface area contributed by atoms with Crippen molar-refractivity contribution < 1.29 is 41.5 Å². The van der Waals surface area contributed by atoms with E-state index in [0.29, 0.717) is 35.1 Å². The molecular weight excluding hydrogens is 648 g/mol. The molecule has 1 N–H and O–H groups in total. The van der Waals surface area contributed by atoms with Crippen LogP contribution in [-0.4, -0.2) is 99.2 Å². The van der Waals surface area contributed by atoms with Gasteiger partial charge in [-0.25, -0.2) is 9.18 Å². The maximum absolute atomic E-state index is 14.5. The minimum Gasteiger partial charge on any atom is -0.379 e. The van der Waals surface area contributed by atoms with E-state index >= 15 is 0 Å². The number of halogens is 4. The highest BCUT2D eigenvalue weighted by molar-refractivity contribution is 6.17. The Bertz CT molecular complexity index is 1800. The second-order valence-electron chi connectivity index (χ2n) is 13.0. The van der Waals surface area contributed by atoms with Crippen molar-refractivity contribution in [3.63, 3.8) is 0 Å². The van der Waals surface area contributed by atoms with Crippen LogP contribution in [0.15, 0.2) is 54.9 Å². The number of nitrogens with one attached hydrogen (secondary N) is 1. The summed E-state index contributed by atoms with van der Waals surface area (Å²) in [6.45, 7) is 3.10. The average Bonchev–Trinajstić information content (AvgIpc) is 3.70. The maximum atomic E-state index is 14.5. The molecule has 2 aliphatic heterocycles. The molecule has 2 saturated heterocycles. The number of alkyl halides is 3. The molecule has 0 bridgehead atoms. The number of aromatic nitrogens is 2. The average molecular weight is 683 g/mol. The van der Waals surface area contributed by atoms with Gasteiger partial charge in [0.05, 0.1) is 26.0 Å². The molecule has 4 aliphatic rings. The first kappa shape index (κ1) is 32.9. The van der Waals surface area contributed by atoms with Crippen LogP contribution in [0.5, 0.6) is 0 Å². The number of benzene rings is 2. The van der Waals surface area contributed by atoms with Crippen LogP contribution in [0.1, 0.15) is 47.2 Å². The Morgan fingerprint density at radius 2 is 1.73 bits per heavy atom. The number of carbonyl (C=O) groups excluding carboxylic acids is 4. The van der Waals surface area contributed by atoms with E-state index in [9.17, 15) is 36.7 Å². The molecule has 15 heteroatoms. The third-order valence-electron chi connectivity index (χ3n) is 10.2. The lowest BCUT2D eigenvalue weighted by Crippen LogP contribution is -2.65. The molecule has 1 atom stereocenters. The number of Topliss-reactive ketones (excluding diaryl/α,β-unsaturated/α-hetero) is 1. The second kappa shape index (κ2) is 12.4. The zero-order valence-corrected chi connectivity index (χ0v) is 26.5. The van der Waals surface area contributed by atoms with Gasteiger partial charge in [0.15, 0.2) is 11.3 Å². The van der Waals surface area contributed by atoms with E-state index in [1.165, 1.54) is 12.1 Å². The highest BCUT2D eigenvalue weighted by Crippen LogP contribution is 2.50. The predicted molar refractivity (Wildman–Crippen MR) is 165 cm³/mol. The second-order valence-corrected chi connectivity index (χ2v) is 13.0. The predicted octanol–water partition coefficient (Wildman–Crippen LogP) is 3.87. The van der Waals surface area contributed by atoms with Crippen molar-refractivity contribution in [2.45, 2.75) is 56.0 Å². The molecule has 258 valence electrons. The number of nitrogens with zero attached hydrogens (tertiary/aromatic N) is 5. The number of hydrogen-bond donors (Lipinski definition) is 1. The topological polar surface area (TPSA) is 117 Å². The van der Waals surface area contributed by atoms with Crippen LogP contribution in [0, 0.1) is 5.82 Å². The van der Waals surface area contributed by atoms with E-state index < -0.39 is 66.2 Å². The van der Waals surface area contributed by atoms with Gasteiger partial charge in [-0.05, 0) is 54.2 Å². The van der Waals surface area contributed by atoms with E-state index in [4.69, 9.17) is 4.74 Å². The molecule has 3 aromatic rings. The molecule has 3 fully saturated rings. The van der Waals surface area contributed by atoms with Crippen LogP contribution in [-0.2, 0) is 33.0 Å². The molecule has 7 rings (SSSR count). The maximum Gasteiger partial charge on any atom is 0.411 e. The standard InChI is InChI=1S/C34H34F4N6O5/c35-25-5-2-22(3-6-25)19-44(32(8-1-9-32)34(36,37)38)29(46)21-43-30(47)33(40-31(43)48)17-28(45)26-16-23(4-7-27(26)33)24-18-39-42(20-24)11-10-41-12-14-49-15-13-41/h2-7,16,18,20H,1,8-15,17,19,21H2,(H,40,48)/t33-/m0/s1. The van der Waals surface area contributed by atoms with E-state index in [-0.39, 0.29) is 36.0 Å². The van der Waals surface area contributed by atoms with Gasteiger partial charge >= 0.3 is 12.2 Å². The monoisotopic (exact) mass is 682 g/mol. The van der Waals surface area contributed by atoms with Gasteiger partial charge in [-0.2, -0.15) is 18.3 Å². The number of imide groups is 1. The molecule has 1 saturated carbocycles. The number of hydrogen-bond acceptors (Lipinski definition) is 7. The molecule has 3 heterocycles. The van der Waals surface area contributed by atoms with Crippen molar-refractivity contribution in [2.75, 3.05) is 39.4 Å². The fourth-order valence-electron chi connectivity index (χ4n) is 7.22. The van der Waals surface area contributed by atoms with Crippen molar-refractivity contribution in [3.05, 3.63) is 77.4 Å². The van der Waals surface area contributed by atoms with Gasteiger partial charge in [0, 0.05) is 49.9 Å². The number of amides is 4. The Hall–Kier alpha value is -4.63. The number of ether oxygens (including phenoxy) is 1. The Morgan fingerprint density at radius 1 is 1.00 bits per heavy atom. The smallest absolute Gasteiger partial charge is 0.379 e. The fraction of sp³-hybridized carbons (Fsp3) is 0.441. The lowest BCUT2D eigenvalue weighted by molar-refractivity contribution is -0.256. The first-order valence-corrected chi connectivity index (χ1v) is 16.2. The molecule has 2 aliphatic carbocycles. The van der Waals surface area contributed by atoms with E-state index in [0.717, 1.165) is 37.3 Å². The number of morpholine rings is 1. The Kier molecular flexibility index (Phi) is 8.30. The zero-order chi connectivity index (χ0) is 34.6. The lowest BCUT2D eigenvalue weighted by Gasteiger charge is -2.51. The normalized spacial score (nSPS) is 22.0. The van der Waals surface area contributed by atoms with Crippen LogP contribution < -0.4 is 5.32 Å². The quantitative estimate of drug-likeness (QED) is 0.269. The van der Waals surface area contributed by atoms with Gasteiger partial charge < -0.3 is 15.0 Å². The number of urea groups is 1. The summed E-state index contributed by atoms with van der Waals surface area (Å²) in [7, 11) is 0. The minimum absolute atomic E-state index is 0.226. The number of fused-ring (bicyclic) bond motifs is 2. The third kappa shape index (κ3) is 5.78. The van der Waals surface area contributed by atoms with Crippen molar-refractivity contribution in [3.8, 4) is 11.1 Å². The Labute approximate surface area is 278 Å². The van der Waals surface area contributed by atoms with E-state index in [1.807, 2.05) is 10.9 Å².